The van der Waals surface area contributed by atoms with Crippen LogP contribution in [0, 0.1) is 11.7 Å². The molecule has 34 heavy (non-hydrogen) atoms. The first-order chi connectivity index (χ1) is 15.9. The lowest BCUT2D eigenvalue weighted by Gasteiger charge is -2.41. The van der Waals surface area contributed by atoms with E-state index in [1.54, 1.807) is 0 Å². The number of alkyl halides is 6. The lowest BCUT2D eigenvalue weighted by atomic mass is 9.75. The Hall–Kier alpha value is -3.45. The molecule has 0 bridgehead atoms. The third kappa shape index (κ3) is 4.12. The number of nitrogens with zero attached hydrogens (tertiary/aromatic N) is 3. The number of nitrogens with two attached hydrogens (primary N) is 1. The van der Waals surface area contributed by atoms with Gasteiger partial charge in [-0.05, 0) is 18.2 Å². The van der Waals surface area contributed by atoms with Crippen molar-refractivity contribution in [1.29, 1.82) is 0 Å². The van der Waals surface area contributed by atoms with E-state index in [9.17, 15) is 35.5 Å². The van der Waals surface area contributed by atoms with Crippen molar-refractivity contribution < 1.29 is 40.3 Å². The van der Waals surface area contributed by atoms with Crippen molar-refractivity contribution in [2.45, 2.75) is 43.3 Å². The fraction of sp³-hybridized carbons (Fsp3) is 0.400. The highest BCUT2D eigenvalue weighted by atomic mass is 19.3. The van der Waals surface area contributed by atoms with Crippen molar-refractivity contribution in [3.05, 3.63) is 53.4 Å². The standard InChI is InChI=1S/C20H16F7N5O2/c21-11-2-1-8(31-16(33)13-7-29-12(6-30-13)15(22)23)3-9(11)20(17(24)25)10-4-19(26,27)5-14(10)34-18(28)32-20/h1-3,6-7,10,14-15,17H,4-5H2,(H2,28,32)(H,31,33). The van der Waals surface area contributed by atoms with Gasteiger partial charge in [-0.2, -0.15) is 0 Å². The van der Waals surface area contributed by atoms with Crippen LogP contribution in [-0.2, 0) is 10.3 Å². The van der Waals surface area contributed by atoms with E-state index in [4.69, 9.17) is 10.5 Å². The molecule has 1 aliphatic heterocycles. The molecule has 0 saturated heterocycles. The van der Waals surface area contributed by atoms with Gasteiger partial charge < -0.3 is 15.8 Å². The molecule has 3 atom stereocenters. The zero-order valence-electron chi connectivity index (χ0n) is 17.0. The summed E-state index contributed by atoms with van der Waals surface area (Å²) in [7, 11) is 0. The van der Waals surface area contributed by atoms with E-state index in [2.05, 4.69) is 20.3 Å². The van der Waals surface area contributed by atoms with E-state index in [1.807, 2.05) is 0 Å². The molecule has 0 radical (unpaired) electrons. The number of carbonyl (C=O) groups is 1. The number of hydrogen-bond donors (Lipinski definition) is 2. The van der Waals surface area contributed by atoms with E-state index in [0.29, 0.717) is 6.20 Å². The Kier molecular flexibility index (Phi) is 5.85. The maximum absolute atomic E-state index is 14.8. The number of ether oxygens (including phenoxy) is 1. The SMILES string of the molecule is NC1=NC(c2cc(NC(=O)c3cnc(C(F)F)cn3)ccc2F)(C(F)F)C2CC(F)(F)CC2O1. The van der Waals surface area contributed by atoms with Gasteiger partial charge in [-0.1, -0.05) is 0 Å². The van der Waals surface area contributed by atoms with Gasteiger partial charge >= 0.3 is 0 Å². The van der Waals surface area contributed by atoms with Gasteiger partial charge in [0.15, 0.2) is 5.54 Å². The topological polar surface area (TPSA) is 102 Å². The molecule has 1 saturated carbocycles. The Morgan fingerprint density at radius 2 is 1.88 bits per heavy atom. The molecule has 4 rings (SSSR count). The van der Waals surface area contributed by atoms with Crippen molar-refractivity contribution >= 4 is 17.6 Å². The lowest BCUT2D eigenvalue weighted by Crippen LogP contribution is -2.51. The minimum atomic E-state index is -3.45. The van der Waals surface area contributed by atoms with Crippen LogP contribution in [0.3, 0.4) is 0 Å². The van der Waals surface area contributed by atoms with E-state index in [0.717, 1.165) is 24.4 Å². The third-order valence-corrected chi connectivity index (χ3v) is 5.72. The summed E-state index contributed by atoms with van der Waals surface area (Å²) in [5, 5.41) is 2.26. The summed E-state index contributed by atoms with van der Waals surface area (Å²) < 4.78 is 102. The highest BCUT2D eigenvalue weighted by Gasteiger charge is 2.63. The summed E-state index contributed by atoms with van der Waals surface area (Å²) >= 11 is 0. The minimum absolute atomic E-state index is 0.206. The van der Waals surface area contributed by atoms with Gasteiger partial charge in [0.1, 0.15) is 23.3 Å². The number of rotatable bonds is 5. The number of halogens is 7. The Morgan fingerprint density at radius 3 is 2.50 bits per heavy atom. The molecule has 3 N–H and O–H groups in total. The molecule has 182 valence electrons. The number of amidine groups is 1. The molecular formula is C20H16F7N5O2. The van der Waals surface area contributed by atoms with Crippen molar-refractivity contribution in [2.75, 3.05) is 5.32 Å². The molecule has 1 fully saturated rings. The number of benzene rings is 1. The predicted octanol–water partition coefficient (Wildman–Crippen LogP) is 4.02. The number of carbonyl (C=O) groups excluding carboxylic acids is 1. The second-order valence-electron chi connectivity index (χ2n) is 7.88. The van der Waals surface area contributed by atoms with Gasteiger partial charge in [0.25, 0.3) is 30.7 Å². The third-order valence-electron chi connectivity index (χ3n) is 5.72. The molecule has 2 heterocycles. The quantitative estimate of drug-likeness (QED) is 0.616. The van der Waals surface area contributed by atoms with Crippen LogP contribution < -0.4 is 11.1 Å². The summed E-state index contributed by atoms with van der Waals surface area (Å²) in [5.74, 6) is -7.12. The molecule has 1 aromatic carbocycles. The molecule has 1 aliphatic carbocycles. The first-order valence-corrected chi connectivity index (χ1v) is 9.82. The number of aromatic nitrogens is 2. The summed E-state index contributed by atoms with van der Waals surface area (Å²) in [4.78, 5) is 22.9. The maximum atomic E-state index is 14.8. The largest absolute Gasteiger partial charge is 0.461 e. The summed E-state index contributed by atoms with van der Waals surface area (Å²) in [6, 6.07) is 1.83. The zero-order chi connectivity index (χ0) is 24.8. The molecule has 2 aliphatic rings. The van der Waals surface area contributed by atoms with Gasteiger partial charge in [0.2, 0.25) is 0 Å². The van der Waals surface area contributed by atoms with E-state index >= 15 is 0 Å². The number of hydrogen-bond acceptors (Lipinski definition) is 6. The van der Waals surface area contributed by atoms with E-state index < -0.39 is 78.2 Å². The highest BCUT2D eigenvalue weighted by Crippen LogP contribution is 2.55. The molecule has 1 aromatic heterocycles. The van der Waals surface area contributed by atoms with Crippen LogP contribution in [0.4, 0.5) is 36.4 Å². The Bertz CT molecular complexity index is 1130. The molecule has 7 nitrogen and oxygen atoms in total. The molecule has 2 aromatic rings. The van der Waals surface area contributed by atoms with Crippen LogP contribution in [0.1, 0.15) is 41.0 Å². The summed E-state index contributed by atoms with van der Waals surface area (Å²) in [5.41, 5.74) is 0.675. The minimum Gasteiger partial charge on any atom is -0.461 e. The number of anilines is 1. The summed E-state index contributed by atoms with van der Waals surface area (Å²) in [6.45, 7) is 0. The maximum Gasteiger partial charge on any atom is 0.283 e. The number of nitrogens with one attached hydrogen (secondary N) is 1. The second kappa shape index (κ2) is 8.40. The van der Waals surface area contributed by atoms with E-state index in [-0.39, 0.29) is 11.4 Å². The highest BCUT2D eigenvalue weighted by molar-refractivity contribution is 6.02. The fourth-order valence-electron chi connectivity index (χ4n) is 4.24. The molecule has 3 unspecified atom stereocenters. The van der Waals surface area contributed by atoms with Gasteiger partial charge in [0.05, 0.1) is 12.4 Å². The fourth-order valence-corrected chi connectivity index (χ4v) is 4.24. The Labute approximate surface area is 187 Å². The van der Waals surface area contributed by atoms with Gasteiger partial charge in [-0.25, -0.2) is 40.7 Å². The lowest BCUT2D eigenvalue weighted by molar-refractivity contribution is -0.0392. The average Bonchev–Trinajstić information content (AvgIpc) is 3.08. The van der Waals surface area contributed by atoms with Crippen molar-refractivity contribution in [1.82, 2.24) is 9.97 Å². The zero-order valence-corrected chi connectivity index (χ0v) is 17.0. The Morgan fingerprint density at radius 1 is 1.15 bits per heavy atom. The van der Waals surface area contributed by atoms with Gasteiger partial charge in [-0.3, -0.25) is 9.78 Å². The smallest absolute Gasteiger partial charge is 0.283 e. The molecule has 0 spiro atoms. The van der Waals surface area contributed by atoms with Gasteiger partial charge in [-0.15, -0.1) is 0 Å². The second-order valence-corrected chi connectivity index (χ2v) is 7.88. The van der Waals surface area contributed by atoms with Crippen molar-refractivity contribution in [3.63, 3.8) is 0 Å². The molecule has 1 amide bonds. The normalized spacial score (nSPS) is 25.6. The number of aliphatic imine (C=N–C) groups is 1. The first-order valence-electron chi connectivity index (χ1n) is 9.82. The van der Waals surface area contributed by atoms with Crippen LogP contribution in [0.15, 0.2) is 35.6 Å². The van der Waals surface area contributed by atoms with Crippen molar-refractivity contribution in [3.8, 4) is 0 Å². The van der Waals surface area contributed by atoms with Crippen LogP contribution in [0.25, 0.3) is 0 Å². The van der Waals surface area contributed by atoms with Gasteiger partial charge in [0, 0.05) is 30.0 Å². The van der Waals surface area contributed by atoms with E-state index in [1.165, 1.54) is 0 Å². The monoisotopic (exact) mass is 491 g/mol. The van der Waals surface area contributed by atoms with Crippen LogP contribution in [0.2, 0.25) is 0 Å². The number of fused-ring (bicyclic) bond motifs is 1. The number of amides is 1. The van der Waals surface area contributed by atoms with Crippen LogP contribution in [0.5, 0.6) is 0 Å². The molecular weight excluding hydrogens is 475 g/mol. The van der Waals surface area contributed by atoms with Crippen LogP contribution >= 0.6 is 0 Å². The van der Waals surface area contributed by atoms with Crippen LogP contribution in [-0.4, -0.2) is 40.3 Å². The predicted molar refractivity (Wildman–Crippen MR) is 103 cm³/mol. The Balaban J connectivity index is 1.71. The molecule has 14 heteroatoms. The first kappa shape index (κ1) is 23.7. The van der Waals surface area contributed by atoms with Crippen molar-refractivity contribution in [2.24, 2.45) is 16.6 Å². The summed E-state index contributed by atoms with van der Waals surface area (Å²) in [6.07, 6.45) is -8.27. The average molecular weight is 491 g/mol.